The highest BCUT2D eigenvalue weighted by molar-refractivity contribution is 7.89. The number of halogens is 1. The van der Waals surface area contributed by atoms with E-state index in [1.54, 1.807) is 25.1 Å². The molecule has 178 valence electrons. The smallest absolute Gasteiger partial charge is 0.259 e. The number of carbonyl (C=O) groups is 2. The molecule has 1 atom stereocenters. The normalized spacial score (nSPS) is 16.7. The van der Waals surface area contributed by atoms with Crippen LogP contribution >= 0.6 is 0 Å². The third kappa shape index (κ3) is 4.87. The van der Waals surface area contributed by atoms with Crippen LogP contribution in [0, 0.1) is 12.7 Å². The van der Waals surface area contributed by atoms with E-state index in [0.29, 0.717) is 25.0 Å². The SMILES string of the molecule is Cc1occc1C(=O)Nc1cc(NC(=O)C2CCCCN2S(=O)(=O)c2ccccc2)ccc1F. The molecule has 2 heterocycles. The number of carbonyl (C=O) groups excluding carboxylic acids is 2. The molecule has 1 aliphatic heterocycles. The van der Waals surface area contributed by atoms with Gasteiger partial charge in [-0.05, 0) is 56.2 Å². The average molecular weight is 486 g/mol. The van der Waals surface area contributed by atoms with Gasteiger partial charge in [-0.1, -0.05) is 24.6 Å². The van der Waals surface area contributed by atoms with Crippen LogP contribution in [0.4, 0.5) is 15.8 Å². The largest absolute Gasteiger partial charge is 0.469 e. The Balaban J connectivity index is 1.53. The summed E-state index contributed by atoms with van der Waals surface area (Å²) in [5.74, 6) is -1.37. The van der Waals surface area contributed by atoms with E-state index in [1.807, 2.05) is 0 Å². The first-order valence-corrected chi connectivity index (χ1v) is 12.2. The van der Waals surface area contributed by atoms with Crippen molar-refractivity contribution in [1.29, 1.82) is 0 Å². The molecule has 2 amide bonds. The van der Waals surface area contributed by atoms with Crippen molar-refractivity contribution in [3.63, 3.8) is 0 Å². The lowest BCUT2D eigenvalue weighted by Gasteiger charge is -2.33. The number of rotatable bonds is 6. The third-order valence-corrected chi connectivity index (χ3v) is 7.61. The fraction of sp³-hybridized carbons (Fsp3) is 0.250. The van der Waals surface area contributed by atoms with Crippen molar-refractivity contribution >= 4 is 33.2 Å². The van der Waals surface area contributed by atoms with E-state index in [4.69, 9.17) is 4.42 Å². The maximum Gasteiger partial charge on any atom is 0.259 e. The van der Waals surface area contributed by atoms with Gasteiger partial charge in [-0.15, -0.1) is 0 Å². The Morgan fingerprint density at radius 1 is 1.06 bits per heavy atom. The molecule has 2 N–H and O–H groups in total. The first-order valence-electron chi connectivity index (χ1n) is 10.8. The van der Waals surface area contributed by atoms with Gasteiger partial charge in [0, 0.05) is 12.2 Å². The molecule has 2 aromatic carbocycles. The summed E-state index contributed by atoms with van der Waals surface area (Å²) in [5.41, 5.74) is 0.367. The molecule has 1 saturated heterocycles. The van der Waals surface area contributed by atoms with Crippen molar-refractivity contribution in [3.8, 4) is 0 Å². The van der Waals surface area contributed by atoms with Crippen molar-refractivity contribution in [2.75, 3.05) is 17.2 Å². The number of nitrogens with one attached hydrogen (secondary N) is 2. The Hall–Kier alpha value is -3.50. The molecule has 1 aromatic heterocycles. The Kier molecular flexibility index (Phi) is 6.80. The monoisotopic (exact) mass is 485 g/mol. The van der Waals surface area contributed by atoms with Gasteiger partial charge in [0.05, 0.1) is 22.4 Å². The maximum absolute atomic E-state index is 14.3. The highest BCUT2D eigenvalue weighted by Gasteiger charge is 2.37. The molecule has 3 aromatic rings. The van der Waals surface area contributed by atoms with Gasteiger partial charge in [0.1, 0.15) is 17.6 Å². The summed E-state index contributed by atoms with van der Waals surface area (Å²) in [6.07, 6.45) is 3.07. The molecule has 1 aliphatic rings. The highest BCUT2D eigenvalue weighted by Crippen LogP contribution is 2.27. The molecule has 1 fully saturated rings. The molecule has 1 unspecified atom stereocenters. The second-order valence-corrected chi connectivity index (χ2v) is 9.86. The van der Waals surface area contributed by atoms with E-state index in [0.717, 1.165) is 6.07 Å². The van der Waals surface area contributed by atoms with Crippen LogP contribution in [0.2, 0.25) is 0 Å². The second-order valence-electron chi connectivity index (χ2n) is 7.97. The lowest BCUT2D eigenvalue weighted by atomic mass is 10.0. The molecule has 4 rings (SSSR count). The third-order valence-electron chi connectivity index (χ3n) is 5.69. The van der Waals surface area contributed by atoms with Gasteiger partial charge in [0.25, 0.3) is 5.91 Å². The van der Waals surface area contributed by atoms with E-state index in [9.17, 15) is 22.4 Å². The van der Waals surface area contributed by atoms with Gasteiger partial charge < -0.3 is 15.1 Å². The van der Waals surface area contributed by atoms with Crippen molar-refractivity contribution in [2.45, 2.75) is 37.1 Å². The van der Waals surface area contributed by atoms with Crippen molar-refractivity contribution < 1.29 is 26.8 Å². The van der Waals surface area contributed by atoms with Crippen LogP contribution in [0.15, 0.2) is 70.2 Å². The predicted octanol–water partition coefficient (Wildman–Crippen LogP) is 4.16. The summed E-state index contributed by atoms with van der Waals surface area (Å²) in [6, 6.07) is 12.3. The molecule has 0 spiro atoms. The van der Waals surface area contributed by atoms with Crippen LogP contribution in [0.3, 0.4) is 0 Å². The van der Waals surface area contributed by atoms with Crippen LogP contribution in [0.25, 0.3) is 0 Å². The van der Waals surface area contributed by atoms with Gasteiger partial charge in [-0.25, -0.2) is 12.8 Å². The molecule has 0 radical (unpaired) electrons. The number of anilines is 2. The minimum absolute atomic E-state index is 0.121. The summed E-state index contributed by atoms with van der Waals surface area (Å²) in [5, 5.41) is 5.14. The Morgan fingerprint density at radius 2 is 1.82 bits per heavy atom. The van der Waals surface area contributed by atoms with Crippen LogP contribution in [0.5, 0.6) is 0 Å². The second kappa shape index (κ2) is 9.78. The van der Waals surface area contributed by atoms with Crippen LogP contribution in [-0.4, -0.2) is 37.1 Å². The van der Waals surface area contributed by atoms with Crippen LogP contribution < -0.4 is 10.6 Å². The van der Waals surface area contributed by atoms with Crippen LogP contribution in [-0.2, 0) is 14.8 Å². The molecule has 0 saturated carbocycles. The quantitative estimate of drug-likeness (QED) is 0.545. The number of sulfonamides is 1. The lowest BCUT2D eigenvalue weighted by molar-refractivity contribution is -0.120. The summed E-state index contributed by atoms with van der Waals surface area (Å²) in [7, 11) is -3.86. The van der Waals surface area contributed by atoms with E-state index in [2.05, 4.69) is 10.6 Å². The number of nitrogens with zero attached hydrogens (tertiary/aromatic N) is 1. The topological polar surface area (TPSA) is 109 Å². The lowest BCUT2D eigenvalue weighted by Crippen LogP contribution is -2.49. The van der Waals surface area contributed by atoms with Crippen molar-refractivity contribution in [1.82, 2.24) is 4.31 Å². The molecular formula is C24H24FN3O5S. The Labute approximate surface area is 196 Å². The predicted molar refractivity (Wildman–Crippen MR) is 124 cm³/mol. The zero-order valence-corrected chi connectivity index (χ0v) is 19.3. The van der Waals surface area contributed by atoms with Gasteiger partial charge in [0.2, 0.25) is 15.9 Å². The molecule has 10 heteroatoms. The number of hydrogen-bond acceptors (Lipinski definition) is 5. The van der Waals surface area contributed by atoms with Crippen LogP contribution in [0.1, 0.15) is 35.4 Å². The zero-order chi connectivity index (χ0) is 24.3. The van der Waals surface area contributed by atoms with Crippen molar-refractivity contribution in [3.05, 3.63) is 78.0 Å². The fourth-order valence-electron chi connectivity index (χ4n) is 3.92. The van der Waals surface area contributed by atoms with E-state index >= 15 is 0 Å². The summed E-state index contributed by atoms with van der Waals surface area (Å²) < 4.78 is 47.0. The molecule has 0 bridgehead atoms. The van der Waals surface area contributed by atoms with Gasteiger partial charge in [-0.2, -0.15) is 4.31 Å². The first kappa shape index (κ1) is 23.7. The van der Waals surface area contributed by atoms with E-state index in [-0.39, 0.29) is 28.4 Å². The standard InChI is InChI=1S/C24H24FN3O5S/c1-16-19(12-14-33-16)23(29)27-21-15-17(10-11-20(21)25)26-24(30)22-9-5-6-13-28(22)34(31,32)18-7-3-2-4-8-18/h2-4,7-8,10-12,14-15,22H,5-6,9,13H2,1H3,(H,26,30)(H,27,29). The molecule has 34 heavy (non-hydrogen) atoms. The number of aryl methyl sites for hydroxylation is 1. The van der Waals surface area contributed by atoms with Crippen molar-refractivity contribution in [2.24, 2.45) is 0 Å². The molecule has 0 aliphatic carbocycles. The maximum atomic E-state index is 14.3. The zero-order valence-electron chi connectivity index (χ0n) is 18.5. The number of benzene rings is 2. The minimum Gasteiger partial charge on any atom is -0.469 e. The number of furan rings is 1. The summed E-state index contributed by atoms with van der Waals surface area (Å²) >= 11 is 0. The first-order chi connectivity index (χ1) is 16.3. The number of hydrogen-bond donors (Lipinski definition) is 2. The Morgan fingerprint density at radius 3 is 2.53 bits per heavy atom. The average Bonchev–Trinajstić information content (AvgIpc) is 3.27. The molecule has 8 nitrogen and oxygen atoms in total. The van der Waals surface area contributed by atoms with E-state index < -0.39 is 33.7 Å². The number of amides is 2. The van der Waals surface area contributed by atoms with Gasteiger partial charge in [0.15, 0.2) is 0 Å². The van der Waals surface area contributed by atoms with Gasteiger partial charge in [-0.3, -0.25) is 9.59 Å². The highest BCUT2D eigenvalue weighted by atomic mass is 32.2. The summed E-state index contributed by atoms with van der Waals surface area (Å²) in [6.45, 7) is 1.84. The fourth-order valence-corrected chi connectivity index (χ4v) is 5.59. The van der Waals surface area contributed by atoms with Gasteiger partial charge >= 0.3 is 0 Å². The summed E-state index contributed by atoms with van der Waals surface area (Å²) in [4.78, 5) is 25.6. The molecular weight excluding hydrogens is 461 g/mol. The Bertz CT molecular complexity index is 1310. The van der Waals surface area contributed by atoms with E-state index in [1.165, 1.54) is 40.9 Å². The number of piperidine rings is 1. The minimum atomic E-state index is -3.86.